The van der Waals surface area contributed by atoms with Crippen LogP contribution in [0.5, 0.6) is 0 Å². The molecule has 0 aliphatic carbocycles. The van der Waals surface area contributed by atoms with Gasteiger partial charge in [-0.2, -0.15) is 0 Å². The topological polar surface area (TPSA) is 53.9 Å². The van der Waals surface area contributed by atoms with E-state index in [0.717, 1.165) is 17.2 Å². The molecule has 0 bridgehead atoms. The largest absolute Gasteiger partial charge is 0.323 e. The Balaban J connectivity index is 1.76. The molecule has 1 amide bonds. The fourth-order valence-electron chi connectivity index (χ4n) is 2.86. The molecule has 5 nitrogen and oxygen atoms in total. The molecule has 0 radical (unpaired) electrons. The maximum Gasteiger partial charge on any atom is 0.229 e. The number of hydroxylamine groups is 2. The van der Waals surface area contributed by atoms with Gasteiger partial charge >= 0.3 is 0 Å². The van der Waals surface area contributed by atoms with Crippen molar-refractivity contribution in [2.45, 2.75) is 26.0 Å². The van der Waals surface area contributed by atoms with Gasteiger partial charge in [0.2, 0.25) is 5.91 Å². The minimum absolute atomic E-state index is 0.0885. The lowest BCUT2D eigenvalue weighted by atomic mass is 10.1. The Morgan fingerprint density at radius 2 is 2.00 bits per heavy atom. The molecule has 7 heteroatoms. The van der Waals surface area contributed by atoms with Crippen LogP contribution in [0.3, 0.4) is 0 Å². The van der Waals surface area contributed by atoms with Gasteiger partial charge in [-0.25, -0.2) is 23.7 Å². The Bertz CT molecular complexity index is 885. The molecule has 2 aromatic carbocycles. The summed E-state index contributed by atoms with van der Waals surface area (Å²) in [7, 11) is 1.72. The average molecular weight is 359 g/mol. The highest BCUT2D eigenvalue weighted by Gasteiger charge is 2.38. The molecule has 136 valence electrons. The Morgan fingerprint density at radius 1 is 1.27 bits per heavy atom. The summed E-state index contributed by atoms with van der Waals surface area (Å²) < 4.78 is 26.6. The zero-order valence-electron chi connectivity index (χ0n) is 14.7. The highest BCUT2D eigenvalue weighted by molar-refractivity contribution is 6.00. The molecule has 0 spiro atoms. The first-order chi connectivity index (χ1) is 12.3. The lowest BCUT2D eigenvalue weighted by Gasteiger charge is -2.21. The van der Waals surface area contributed by atoms with Crippen LogP contribution in [0.2, 0.25) is 0 Å². The van der Waals surface area contributed by atoms with Crippen LogP contribution < -0.4 is 5.32 Å². The highest BCUT2D eigenvalue weighted by atomic mass is 19.1. The van der Waals surface area contributed by atoms with E-state index in [-0.39, 0.29) is 12.1 Å². The molecule has 1 aliphatic rings. The summed E-state index contributed by atoms with van der Waals surface area (Å²) in [5.41, 5.74) is 0.731. The first-order valence-electron chi connectivity index (χ1n) is 8.11. The van der Waals surface area contributed by atoms with E-state index in [9.17, 15) is 13.6 Å². The monoisotopic (exact) mass is 359 g/mol. The van der Waals surface area contributed by atoms with Crippen LogP contribution in [0.1, 0.15) is 24.5 Å². The van der Waals surface area contributed by atoms with Crippen molar-refractivity contribution in [2.75, 3.05) is 12.4 Å². The summed E-state index contributed by atoms with van der Waals surface area (Å²) >= 11 is 0. The summed E-state index contributed by atoms with van der Waals surface area (Å²) in [6.45, 7) is 3.64. The van der Waals surface area contributed by atoms with E-state index in [4.69, 9.17) is 4.84 Å². The van der Waals surface area contributed by atoms with Gasteiger partial charge in [-0.1, -0.05) is 24.3 Å². The second-order valence-electron chi connectivity index (χ2n) is 6.36. The van der Waals surface area contributed by atoms with Gasteiger partial charge in [-0.3, -0.25) is 4.79 Å². The summed E-state index contributed by atoms with van der Waals surface area (Å²) in [6, 6.07) is 10.7. The van der Waals surface area contributed by atoms with E-state index < -0.39 is 23.3 Å². The van der Waals surface area contributed by atoms with Crippen molar-refractivity contribution in [3.05, 3.63) is 65.2 Å². The van der Waals surface area contributed by atoms with Crippen LogP contribution in [0.4, 0.5) is 14.5 Å². The van der Waals surface area contributed by atoms with Crippen LogP contribution in [0.15, 0.2) is 47.5 Å². The number of aliphatic imine (C=N–C) groups is 1. The zero-order valence-corrected chi connectivity index (χ0v) is 14.7. The minimum Gasteiger partial charge on any atom is -0.323 e. The van der Waals surface area contributed by atoms with E-state index in [2.05, 4.69) is 10.3 Å². The number of halogens is 2. The van der Waals surface area contributed by atoms with Crippen LogP contribution in [-0.4, -0.2) is 29.6 Å². The Labute approximate surface area is 150 Å². The van der Waals surface area contributed by atoms with Crippen molar-refractivity contribution in [3.8, 4) is 0 Å². The quantitative estimate of drug-likeness (QED) is 0.907. The second kappa shape index (κ2) is 6.84. The van der Waals surface area contributed by atoms with E-state index in [1.807, 2.05) is 31.2 Å². The van der Waals surface area contributed by atoms with E-state index in [0.29, 0.717) is 11.9 Å². The van der Waals surface area contributed by atoms with Gasteiger partial charge in [0.15, 0.2) is 11.6 Å². The predicted octanol–water partition coefficient (Wildman–Crippen LogP) is 3.64. The van der Waals surface area contributed by atoms with E-state index in [1.165, 1.54) is 11.1 Å². The Kier molecular flexibility index (Phi) is 4.73. The molecule has 1 unspecified atom stereocenters. The Hall–Kier alpha value is -2.80. The number of hydrogen-bond donors (Lipinski definition) is 1. The lowest BCUT2D eigenvalue weighted by molar-refractivity contribution is -0.164. The number of hydrogen-bond acceptors (Lipinski definition) is 4. The number of anilines is 1. The number of carbonyl (C=O) groups is 1. The van der Waals surface area contributed by atoms with Crippen molar-refractivity contribution in [2.24, 2.45) is 4.99 Å². The molecular formula is C19H19F2N3O2. The maximum atomic E-state index is 13.7. The zero-order chi connectivity index (χ0) is 18.9. The molecule has 26 heavy (non-hydrogen) atoms. The number of nitrogens with zero attached hydrogens (tertiary/aromatic N) is 2. The van der Waals surface area contributed by atoms with Gasteiger partial charge in [0.1, 0.15) is 11.6 Å². The van der Waals surface area contributed by atoms with E-state index in [1.54, 1.807) is 14.0 Å². The SMILES string of the molecule is Cc1ccccc1C1=NC(C)(CC(=O)Nc2ccc(F)cc2F)ON1C. The van der Waals surface area contributed by atoms with Crippen molar-refractivity contribution < 1.29 is 18.4 Å². The number of benzene rings is 2. The minimum atomic E-state index is -1.12. The molecule has 1 aliphatic heterocycles. The summed E-state index contributed by atoms with van der Waals surface area (Å²) in [6.07, 6.45) is -0.121. The first-order valence-corrected chi connectivity index (χ1v) is 8.11. The number of amidine groups is 1. The van der Waals surface area contributed by atoms with Gasteiger partial charge in [-0.15, -0.1) is 0 Å². The average Bonchev–Trinajstić information content (AvgIpc) is 2.85. The van der Waals surface area contributed by atoms with Crippen LogP contribution in [0.25, 0.3) is 0 Å². The molecule has 3 rings (SSSR count). The number of aryl methyl sites for hydroxylation is 1. The standard InChI is InChI=1S/C19H19F2N3O2/c1-12-6-4-5-7-14(12)18-23-19(2,26-24(18)3)11-17(25)22-16-9-8-13(20)10-15(16)21/h4-10H,11H2,1-3H3,(H,22,25). The second-order valence-corrected chi connectivity index (χ2v) is 6.36. The third-order valence-electron chi connectivity index (χ3n) is 4.05. The van der Waals surface area contributed by atoms with Crippen LogP contribution in [0, 0.1) is 18.6 Å². The summed E-state index contributed by atoms with van der Waals surface area (Å²) in [4.78, 5) is 22.6. The lowest BCUT2D eigenvalue weighted by Crippen LogP contribution is -2.32. The highest BCUT2D eigenvalue weighted by Crippen LogP contribution is 2.29. The Morgan fingerprint density at radius 3 is 2.69 bits per heavy atom. The van der Waals surface area contributed by atoms with Crippen molar-refractivity contribution in [3.63, 3.8) is 0 Å². The molecule has 0 saturated carbocycles. The molecule has 1 heterocycles. The molecule has 0 aromatic heterocycles. The van der Waals surface area contributed by atoms with Gasteiger partial charge in [0.25, 0.3) is 0 Å². The molecule has 1 atom stereocenters. The fraction of sp³-hybridized carbons (Fsp3) is 0.263. The molecule has 2 aromatic rings. The smallest absolute Gasteiger partial charge is 0.229 e. The number of amides is 1. The molecule has 0 fully saturated rings. The first kappa shape index (κ1) is 18.0. The summed E-state index contributed by atoms with van der Waals surface area (Å²) in [5.74, 6) is -1.41. The van der Waals surface area contributed by atoms with Crippen LogP contribution in [-0.2, 0) is 9.63 Å². The van der Waals surface area contributed by atoms with Crippen LogP contribution >= 0.6 is 0 Å². The summed E-state index contributed by atoms with van der Waals surface area (Å²) in [5, 5.41) is 3.94. The third kappa shape index (κ3) is 3.72. The van der Waals surface area contributed by atoms with Gasteiger partial charge < -0.3 is 5.32 Å². The predicted molar refractivity (Wildman–Crippen MR) is 94.6 cm³/mol. The molecule has 0 saturated heterocycles. The van der Waals surface area contributed by atoms with Gasteiger partial charge in [0, 0.05) is 18.7 Å². The number of carbonyl (C=O) groups excluding carboxylic acids is 1. The third-order valence-corrected chi connectivity index (χ3v) is 4.05. The molecular weight excluding hydrogens is 340 g/mol. The van der Waals surface area contributed by atoms with Crippen molar-refractivity contribution in [1.29, 1.82) is 0 Å². The van der Waals surface area contributed by atoms with Crippen molar-refractivity contribution >= 4 is 17.4 Å². The van der Waals surface area contributed by atoms with Gasteiger partial charge in [0.05, 0.1) is 12.1 Å². The molecule has 1 N–H and O–H groups in total. The van der Waals surface area contributed by atoms with Gasteiger partial charge in [-0.05, 0) is 31.5 Å². The number of rotatable bonds is 4. The van der Waals surface area contributed by atoms with E-state index >= 15 is 0 Å². The number of nitrogens with one attached hydrogen (secondary N) is 1. The fourth-order valence-corrected chi connectivity index (χ4v) is 2.86. The van der Waals surface area contributed by atoms with Crippen molar-refractivity contribution in [1.82, 2.24) is 5.06 Å². The maximum absolute atomic E-state index is 13.7. The normalized spacial score (nSPS) is 19.4.